The van der Waals surface area contributed by atoms with E-state index in [1.54, 1.807) is 7.05 Å². The van der Waals surface area contributed by atoms with Gasteiger partial charge in [0.1, 0.15) is 23.9 Å². The van der Waals surface area contributed by atoms with Gasteiger partial charge in [-0.1, -0.05) is 30.3 Å². The number of piperidine rings is 1. The first kappa shape index (κ1) is 24.1. The Hall–Kier alpha value is -4.02. The minimum absolute atomic E-state index is 0.00540. The van der Waals surface area contributed by atoms with Gasteiger partial charge in [0.15, 0.2) is 11.6 Å². The number of amides is 3. The lowest BCUT2D eigenvalue weighted by Crippen LogP contribution is -2.59. The van der Waals surface area contributed by atoms with Gasteiger partial charge in [0, 0.05) is 32.6 Å². The monoisotopic (exact) mass is 486 g/mol. The zero-order valence-electron chi connectivity index (χ0n) is 18.9. The Morgan fingerprint density at radius 3 is 2.66 bits per heavy atom. The number of hydrogen-bond donors (Lipinski definition) is 2. The highest BCUT2D eigenvalue weighted by atomic mass is 19.1. The molecular weight excluding hydrogens is 462 g/mol. The second-order valence-electron chi connectivity index (χ2n) is 8.52. The Balaban J connectivity index is 1.55. The first-order valence-corrected chi connectivity index (χ1v) is 11.0. The average molecular weight is 486 g/mol. The van der Waals surface area contributed by atoms with E-state index in [2.05, 4.69) is 10.4 Å². The molecule has 0 aliphatic carbocycles. The molecule has 2 N–H and O–H groups in total. The summed E-state index contributed by atoms with van der Waals surface area (Å²) in [5, 5.41) is 17.0. The molecule has 2 aromatic rings. The summed E-state index contributed by atoms with van der Waals surface area (Å²) in [5.41, 5.74) is 0.501. The number of carbonyl (C=O) groups is 3. The molecule has 2 aromatic carbocycles. The average Bonchev–Trinajstić information content (AvgIpc) is 3.06. The van der Waals surface area contributed by atoms with E-state index >= 15 is 0 Å². The Morgan fingerprint density at radius 2 is 1.97 bits per heavy atom. The van der Waals surface area contributed by atoms with Crippen LogP contribution in [0.5, 0.6) is 5.75 Å². The second kappa shape index (κ2) is 9.69. The van der Waals surface area contributed by atoms with Gasteiger partial charge in [0.2, 0.25) is 5.91 Å². The fraction of sp³-hybridized carbons (Fsp3) is 0.333. The smallest absolute Gasteiger partial charge is 0.405 e. The number of nitrogens with zero attached hydrogens (tertiary/aromatic N) is 3. The van der Waals surface area contributed by atoms with Gasteiger partial charge >= 0.3 is 6.09 Å². The van der Waals surface area contributed by atoms with E-state index in [0.29, 0.717) is 24.6 Å². The summed E-state index contributed by atoms with van der Waals surface area (Å²) < 4.78 is 32.4. The third-order valence-electron chi connectivity index (χ3n) is 6.16. The molecule has 0 saturated carbocycles. The van der Waals surface area contributed by atoms with Crippen molar-refractivity contribution in [1.29, 1.82) is 0 Å². The molecule has 4 rings (SSSR count). The minimum Gasteiger partial charge on any atom is -0.488 e. The van der Waals surface area contributed by atoms with Crippen LogP contribution in [0.4, 0.5) is 13.6 Å². The van der Waals surface area contributed by atoms with E-state index in [4.69, 9.17) is 4.74 Å². The summed E-state index contributed by atoms with van der Waals surface area (Å²) >= 11 is 0. The largest absolute Gasteiger partial charge is 0.488 e. The van der Waals surface area contributed by atoms with Crippen LogP contribution in [0.15, 0.2) is 53.6 Å². The molecule has 2 atom stereocenters. The topological polar surface area (TPSA) is 112 Å². The van der Waals surface area contributed by atoms with E-state index in [-0.39, 0.29) is 24.7 Å². The van der Waals surface area contributed by atoms with Gasteiger partial charge in [0.05, 0.1) is 5.71 Å². The highest BCUT2D eigenvalue weighted by Crippen LogP contribution is 2.38. The molecule has 0 spiro atoms. The molecule has 0 bridgehead atoms. The molecule has 9 nitrogen and oxygen atoms in total. The van der Waals surface area contributed by atoms with Crippen LogP contribution in [0, 0.1) is 17.0 Å². The summed E-state index contributed by atoms with van der Waals surface area (Å²) in [7, 11) is 1.56. The molecule has 2 aliphatic heterocycles. The summed E-state index contributed by atoms with van der Waals surface area (Å²) in [6, 6.07) is 10.6. The van der Waals surface area contributed by atoms with Crippen LogP contribution >= 0.6 is 0 Å². The normalized spacial score (nSPS) is 20.2. The maximum absolute atomic E-state index is 14.0. The number of rotatable bonds is 7. The van der Waals surface area contributed by atoms with Gasteiger partial charge in [-0.3, -0.25) is 9.59 Å². The zero-order valence-corrected chi connectivity index (χ0v) is 18.9. The van der Waals surface area contributed by atoms with Gasteiger partial charge < -0.3 is 20.1 Å². The molecule has 35 heavy (non-hydrogen) atoms. The number of benzene rings is 2. The van der Waals surface area contributed by atoms with Gasteiger partial charge in [-0.05, 0) is 24.1 Å². The van der Waals surface area contributed by atoms with Crippen LogP contribution in [0.2, 0.25) is 0 Å². The third kappa shape index (κ3) is 4.93. The third-order valence-corrected chi connectivity index (χ3v) is 6.16. The number of hydrogen-bond acceptors (Lipinski definition) is 5. The molecule has 2 heterocycles. The maximum Gasteiger partial charge on any atom is 0.405 e. The molecule has 11 heteroatoms. The van der Waals surface area contributed by atoms with Crippen molar-refractivity contribution in [2.75, 3.05) is 26.7 Å². The van der Waals surface area contributed by atoms with Crippen LogP contribution < -0.4 is 10.1 Å². The lowest BCUT2D eigenvalue weighted by atomic mass is 9.73. The molecule has 0 aromatic heterocycles. The molecule has 0 radical (unpaired) electrons. The lowest BCUT2D eigenvalue weighted by Gasteiger charge is -2.40. The van der Waals surface area contributed by atoms with Crippen molar-refractivity contribution in [1.82, 2.24) is 15.2 Å². The molecule has 184 valence electrons. The summed E-state index contributed by atoms with van der Waals surface area (Å²) in [4.78, 5) is 39.4. The quantitative estimate of drug-likeness (QED) is 0.624. The van der Waals surface area contributed by atoms with E-state index in [1.807, 2.05) is 30.3 Å². The first-order chi connectivity index (χ1) is 16.7. The Morgan fingerprint density at radius 1 is 1.23 bits per heavy atom. The first-order valence-electron chi connectivity index (χ1n) is 11.0. The number of carbonyl (C=O) groups excluding carboxylic acids is 2. The Kier molecular flexibility index (Phi) is 6.68. The van der Waals surface area contributed by atoms with Crippen molar-refractivity contribution < 1.29 is 33.0 Å². The lowest BCUT2D eigenvalue weighted by molar-refractivity contribution is -0.141. The van der Waals surface area contributed by atoms with Crippen molar-refractivity contribution in [2.45, 2.75) is 18.9 Å². The van der Waals surface area contributed by atoms with E-state index in [1.165, 1.54) is 9.91 Å². The molecule has 2 aliphatic rings. The Labute approximate surface area is 200 Å². The number of likely N-dealkylation sites (tertiary alicyclic amines) is 1. The van der Waals surface area contributed by atoms with Crippen molar-refractivity contribution >= 4 is 23.6 Å². The van der Waals surface area contributed by atoms with Crippen LogP contribution in [-0.2, 0) is 16.0 Å². The number of carboxylic acid groups (broad SMARTS) is 1. The minimum atomic E-state index is -1.47. The standard InChI is InChI=1S/C24H24F2N4O5/c1-29-22(32)24(12-15-5-3-2-4-6-15)14-30(10-9-20(24)28-29)21(31)18(27-23(33)34)13-35-19-8-7-16(25)11-17(19)26/h2-8,11,18,27H,9-10,12-14H2,1H3,(H,33,34)/t18-,24-/m1/s1. The number of hydrazone groups is 1. The van der Waals surface area contributed by atoms with E-state index in [0.717, 1.165) is 17.7 Å². The van der Waals surface area contributed by atoms with Crippen LogP contribution in [0.1, 0.15) is 12.0 Å². The highest BCUT2D eigenvalue weighted by Gasteiger charge is 2.53. The van der Waals surface area contributed by atoms with Crippen molar-refractivity contribution in [3.05, 3.63) is 65.7 Å². The Bertz CT molecular complexity index is 1180. The van der Waals surface area contributed by atoms with Crippen LogP contribution in [0.25, 0.3) is 0 Å². The summed E-state index contributed by atoms with van der Waals surface area (Å²) in [5.74, 6) is -2.97. The van der Waals surface area contributed by atoms with Gasteiger partial charge in [-0.25, -0.2) is 18.6 Å². The van der Waals surface area contributed by atoms with Gasteiger partial charge in [0.25, 0.3) is 5.91 Å². The number of ether oxygens (including phenoxy) is 1. The number of nitrogens with one attached hydrogen (secondary N) is 1. The highest BCUT2D eigenvalue weighted by molar-refractivity contribution is 6.13. The number of halogens is 2. The second-order valence-corrected chi connectivity index (χ2v) is 8.52. The zero-order chi connectivity index (χ0) is 25.2. The van der Waals surface area contributed by atoms with Crippen LogP contribution in [0.3, 0.4) is 0 Å². The molecular formula is C24H24F2N4O5. The summed E-state index contributed by atoms with van der Waals surface area (Å²) in [6.07, 6.45) is -0.808. The van der Waals surface area contributed by atoms with Crippen molar-refractivity contribution in [3.8, 4) is 5.75 Å². The predicted octanol–water partition coefficient (Wildman–Crippen LogP) is 2.27. The van der Waals surface area contributed by atoms with E-state index in [9.17, 15) is 28.3 Å². The van der Waals surface area contributed by atoms with Gasteiger partial charge in [-0.2, -0.15) is 5.10 Å². The fourth-order valence-corrected chi connectivity index (χ4v) is 4.52. The fourth-order valence-electron chi connectivity index (χ4n) is 4.52. The molecule has 3 amide bonds. The molecule has 0 unspecified atom stereocenters. The molecule has 1 fully saturated rings. The van der Waals surface area contributed by atoms with Crippen molar-refractivity contribution in [3.63, 3.8) is 0 Å². The maximum atomic E-state index is 14.0. The predicted molar refractivity (Wildman–Crippen MR) is 121 cm³/mol. The van der Waals surface area contributed by atoms with Crippen molar-refractivity contribution in [2.24, 2.45) is 10.5 Å². The number of fused-ring (bicyclic) bond motifs is 1. The molecule has 1 saturated heterocycles. The SMILES string of the molecule is CN1N=C2CCN(C(=O)[C@@H](COc3ccc(F)cc3F)NC(=O)O)C[C@@]2(Cc2ccccc2)C1=O. The van der Waals surface area contributed by atoms with Gasteiger partial charge in [-0.15, -0.1) is 0 Å². The van der Waals surface area contributed by atoms with Crippen LogP contribution in [-0.4, -0.2) is 71.4 Å². The van der Waals surface area contributed by atoms with E-state index < -0.39 is 41.7 Å². The summed E-state index contributed by atoms with van der Waals surface area (Å²) in [6.45, 7) is -0.297.